The summed E-state index contributed by atoms with van der Waals surface area (Å²) in [6.45, 7) is 6.85. The number of carbonyl (C=O) groups excluding carboxylic acids is 1. The van der Waals surface area contributed by atoms with Crippen LogP contribution in [0.15, 0.2) is 29.4 Å². The van der Waals surface area contributed by atoms with E-state index in [9.17, 15) is 4.79 Å². The van der Waals surface area contributed by atoms with E-state index >= 15 is 0 Å². The van der Waals surface area contributed by atoms with Gasteiger partial charge in [-0.15, -0.1) is 0 Å². The van der Waals surface area contributed by atoms with E-state index in [-0.39, 0.29) is 17.2 Å². The monoisotopic (exact) mass is 263 g/mol. The second kappa shape index (κ2) is 6.22. The Labute approximate surface area is 113 Å². The molecule has 0 radical (unpaired) electrons. The third-order valence-electron chi connectivity index (χ3n) is 2.54. The first-order valence-corrected chi connectivity index (χ1v) is 6.15. The SMILES string of the molecule is CC(C)(C)CNC(=O)Cc1ccc(C(N)=NO)cc1. The van der Waals surface area contributed by atoms with Gasteiger partial charge in [0.15, 0.2) is 5.84 Å². The van der Waals surface area contributed by atoms with Crippen molar-refractivity contribution in [2.24, 2.45) is 16.3 Å². The Balaban J connectivity index is 2.56. The summed E-state index contributed by atoms with van der Waals surface area (Å²) in [7, 11) is 0. The molecule has 0 fully saturated rings. The third-order valence-corrected chi connectivity index (χ3v) is 2.54. The van der Waals surface area contributed by atoms with Gasteiger partial charge in [-0.2, -0.15) is 0 Å². The Morgan fingerprint density at radius 3 is 2.37 bits per heavy atom. The number of nitrogens with zero attached hydrogens (tertiary/aromatic N) is 1. The fraction of sp³-hybridized carbons (Fsp3) is 0.429. The van der Waals surface area contributed by atoms with Crippen LogP contribution in [0, 0.1) is 5.41 Å². The zero-order valence-corrected chi connectivity index (χ0v) is 11.6. The summed E-state index contributed by atoms with van der Waals surface area (Å²) in [5.41, 5.74) is 7.05. The zero-order chi connectivity index (χ0) is 14.5. The van der Waals surface area contributed by atoms with Crippen molar-refractivity contribution in [1.29, 1.82) is 0 Å². The predicted molar refractivity (Wildman–Crippen MR) is 75.1 cm³/mol. The standard InChI is InChI=1S/C14H21N3O2/c1-14(2,3)9-16-12(18)8-10-4-6-11(7-5-10)13(15)17-19/h4-7,19H,8-9H2,1-3H3,(H2,15,17)(H,16,18). The molecule has 19 heavy (non-hydrogen) atoms. The molecule has 1 aromatic carbocycles. The highest BCUT2D eigenvalue weighted by molar-refractivity contribution is 5.97. The molecule has 0 atom stereocenters. The molecule has 0 spiro atoms. The maximum absolute atomic E-state index is 11.7. The average molecular weight is 263 g/mol. The second-order valence-corrected chi connectivity index (χ2v) is 5.70. The highest BCUT2D eigenvalue weighted by Crippen LogP contribution is 2.10. The Morgan fingerprint density at radius 1 is 1.32 bits per heavy atom. The Morgan fingerprint density at radius 2 is 1.89 bits per heavy atom. The molecule has 0 aliphatic heterocycles. The van der Waals surface area contributed by atoms with Gasteiger partial charge in [0.25, 0.3) is 0 Å². The molecule has 0 bridgehead atoms. The number of oxime groups is 1. The minimum absolute atomic E-state index is 0.00790. The molecule has 0 aliphatic rings. The summed E-state index contributed by atoms with van der Waals surface area (Å²) in [6.07, 6.45) is 0.326. The van der Waals surface area contributed by atoms with Gasteiger partial charge >= 0.3 is 0 Å². The van der Waals surface area contributed by atoms with Crippen molar-refractivity contribution in [2.75, 3.05) is 6.54 Å². The fourth-order valence-corrected chi connectivity index (χ4v) is 1.46. The largest absolute Gasteiger partial charge is 0.409 e. The van der Waals surface area contributed by atoms with E-state index in [0.29, 0.717) is 18.5 Å². The van der Waals surface area contributed by atoms with Gasteiger partial charge in [-0.05, 0) is 11.0 Å². The summed E-state index contributed by atoms with van der Waals surface area (Å²) in [4.78, 5) is 11.7. The highest BCUT2D eigenvalue weighted by atomic mass is 16.4. The van der Waals surface area contributed by atoms with E-state index in [1.807, 2.05) is 0 Å². The lowest BCUT2D eigenvalue weighted by atomic mass is 9.97. The van der Waals surface area contributed by atoms with Crippen LogP contribution in [0.5, 0.6) is 0 Å². The van der Waals surface area contributed by atoms with Crippen molar-refractivity contribution < 1.29 is 10.0 Å². The van der Waals surface area contributed by atoms with Gasteiger partial charge in [0.1, 0.15) is 0 Å². The summed E-state index contributed by atoms with van der Waals surface area (Å²) < 4.78 is 0. The smallest absolute Gasteiger partial charge is 0.224 e. The van der Waals surface area contributed by atoms with E-state index in [0.717, 1.165) is 5.56 Å². The Hall–Kier alpha value is -2.04. The molecule has 0 heterocycles. The van der Waals surface area contributed by atoms with E-state index in [2.05, 4.69) is 31.2 Å². The molecule has 5 nitrogen and oxygen atoms in total. The summed E-state index contributed by atoms with van der Waals surface area (Å²) in [6, 6.07) is 7.04. The van der Waals surface area contributed by atoms with Gasteiger partial charge < -0.3 is 16.3 Å². The van der Waals surface area contributed by atoms with Crippen LogP contribution in [0.3, 0.4) is 0 Å². The summed E-state index contributed by atoms with van der Waals surface area (Å²) in [5.74, 6) is 0.0511. The van der Waals surface area contributed by atoms with Crippen LogP contribution in [-0.4, -0.2) is 23.5 Å². The van der Waals surface area contributed by atoms with E-state index in [1.165, 1.54) is 0 Å². The van der Waals surface area contributed by atoms with Crippen molar-refractivity contribution in [3.8, 4) is 0 Å². The molecule has 0 saturated carbocycles. The van der Waals surface area contributed by atoms with Crippen molar-refractivity contribution in [1.82, 2.24) is 5.32 Å². The molecule has 1 rings (SSSR count). The lowest BCUT2D eigenvalue weighted by molar-refractivity contribution is -0.120. The van der Waals surface area contributed by atoms with Gasteiger partial charge in [-0.1, -0.05) is 50.2 Å². The van der Waals surface area contributed by atoms with Crippen molar-refractivity contribution in [3.05, 3.63) is 35.4 Å². The molecular weight excluding hydrogens is 242 g/mol. The van der Waals surface area contributed by atoms with Crippen molar-refractivity contribution >= 4 is 11.7 Å². The topological polar surface area (TPSA) is 87.7 Å². The number of amides is 1. The van der Waals surface area contributed by atoms with E-state index in [4.69, 9.17) is 10.9 Å². The van der Waals surface area contributed by atoms with Gasteiger partial charge in [0.2, 0.25) is 5.91 Å². The van der Waals surface area contributed by atoms with E-state index in [1.54, 1.807) is 24.3 Å². The van der Waals surface area contributed by atoms with E-state index < -0.39 is 0 Å². The predicted octanol–water partition coefficient (Wildman–Crippen LogP) is 1.49. The molecule has 0 aromatic heterocycles. The minimum Gasteiger partial charge on any atom is -0.409 e. The normalized spacial score (nSPS) is 12.3. The quantitative estimate of drug-likeness (QED) is 0.333. The fourth-order valence-electron chi connectivity index (χ4n) is 1.46. The van der Waals surface area contributed by atoms with Crippen LogP contribution in [-0.2, 0) is 11.2 Å². The zero-order valence-electron chi connectivity index (χ0n) is 11.6. The van der Waals surface area contributed by atoms with Crippen LogP contribution in [0.2, 0.25) is 0 Å². The van der Waals surface area contributed by atoms with Crippen LogP contribution in [0.4, 0.5) is 0 Å². The number of carbonyl (C=O) groups is 1. The lowest BCUT2D eigenvalue weighted by Gasteiger charge is -2.18. The van der Waals surface area contributed by atoms with Crippen LogP contribution >= 0.6 is 0 Å². The first kappa shape index (κ1) is 15.0. The van der Waals surface area contributed by atoms with Crippen LogP contribution in [0.1, 0.15) is 31.9 Å². The number of amidine groups is 1. The van der Waals surface area contributed by atoms with Gasteiger partial charge in [-0.25, -0.2) is 0 Å². The molecule has 1 aromatic rings. The highest BCUT2D eigenvalue weighted by Gasteiger charge is 2.12. The number of nitrogens with two attached hydrogens (primary N) is 1. The third kappa shape index (κ3) is 5.42. The molecule has 0 aliphatic carbocycles. The van der Waals surface area contributed by atoms with Crippen LogP contribution in [0.25, 0.3) is 0 Å². The van der Waals surface area contributed by atoms with Gasteiger partial charge in [0.05, 0.1) is 6.42 Å². The van der Waals surface area contributed by atoms with Crippen molar-refractivity contribution in [2.45, 2.75) is 27.2 Å². The lowest BCUT2D eigenvalue weighted by Crippen LogP contribution is -2.33. The van der Waals surface area contributed by atoms with Gasteiger partial charge in [0, 0.05) is 12.1 Å². The molecule has 0 unspecified atom stereocenters. The molecule has 0 saturated heterocycles. The minimum atomic E-state index is -0.00790. The Bertz CT molecular complexity index is 459. The number of hydrogen-bond donors (Lipinski definition) is 3. The first-order valence-electron chi connectivity index (χ1n) is 6.15. The maximum Gasteiger partial charge on any atom is 0.224 e. The number of hydrogen-bond acceptors (Lipinski definition) is 3. The van der Waals surface area contributed by atoms with Crippen molar-refractivity contribution in [3.63, 3.8) is 0 Å². The number of nitrogens with one attached hydrogen (secondary N) is 1. The maximum atomic E-state index is 11.7. The molecule has 5 heteroatoms. The summed E-state index contributed by atoms with van der Waals surface area (Å²) in [5, 5.41) is 14.4. The molecule has 1 amide bonds. The molecular formula is C14H21N3O2. The first-order chi connectivity index (χ1) is 8.81. The van der Waals surface area contributed by atoms with Crippen LogP contribution < -0.4 is 11.1 Å². The summed E-state index contributed by atoms with van der Waals surface area (Å²) >= 11 is 0. The second-order valence-electron chi connectivity index (χ2n) is 5.70. The molecule has 104 valence electrons. The number of benzene rings is 1. The average Bonchev–Trinajstić information content (AvgIpc) is 2.35. The molecule has 4 N–H and O–H groups in total. The van der Waals surface area contributed by atoms with Gasteiger partial charge in [-0.3, -0.25) is 4.79 Å². The Kier molecular flexibility index (Phi) is 4.92. The number of rotatable bonds is 4.